The molecule has 1 aliphatic heterocycles. The van der Waals surface area contributed by atoms with Crippen LogP contribution in [0.25, 0.3) is 11.1 Å². The van der Waals surface area contributed by atoms with Gasteiger partial charge in [-0.3, -0.25) is 9.21 Å². The fourth-order valence-electron chi connectivity index (χ4n) is 6.51. The lowest BCUT2D eigenvalue weighted by atomic mass is 10.0. The number of para-hydroxylation sites is 1. The summed E-state index contributed by atoms with van der Waals surface area (Å²) in [5.74, 6) is 0. The van der Waals surface area contributed by atoms with E-state index in [1.165, 1.54) is 11.1 Å². The van der Waals surface area contributed by atoms with Gasteiger partial charge in [-0.15, -0.1) is 0 Å². The second-order valence-corrected chi connectivity index (χ2v) is 14.1. The quantitative estimate of drug-likeness (QED) is 0.140. The molecule has 0 spiro atoms. The third-order valence-corrected chi connectivity index (χ3v) is 10.9. The number of piperidine rings is 1. The Morgan fingerprint density at radius 2 is 1.09 bits per heavy atom. The zero-order valence-electron chi connectivity index (χ0n) is 26.5. The normalized spacial score (nSPS) is 15.1. The summed E-state index contributed by atoms with van der Waals surface area (Å²) in [6, 6.07) is 48.5. The minimum atomic E-state index is -3.77. The van der Waals surface area contributed by atoms with Gasteiger partial charge in [0.1, 0.15) is 0 Å². The molecule has 0 bridgehead atoms. The molecule has 5 aromatic carbocycles. The molecular weight excluding hydrogens is 587 g/mol. The molecule has 0 saturated carbocycles. The average Bonchev–Trinajstić information content (AvgIpc) is 3.10. The van der Waals surface area contributed by atoms with Crippen molar-refractivity contribution in [2.75, 3.05) is 23.9 Å². The van der Waals surface area contributed by atoms with E-state index in [9.17, 15) is 8.42 Å². The van der Waals surface area contributed by atoms with Crippen LogP contribution >= 0.6 is 0 Å². The Morgan fingerprint density at radius 3 is 1.61 bits per heavy atom. The number of sulfonamides is 1. The van der Waals surface area contributed by atoms with Crippen LogP contribution in [0.3, 0.4) is 0 Å². The Kier molecular flexibility index (Phi) is 10.3. The topological polar surface area (TPSA) is 43.9 Å². The molecule has 236 valence electrons. The van der Waals surface area contributed by atoms with Crippen molar-refractivity contribution in [1.82, 2.24) is 9.80 Å². The second kappa shape index (κ2) is 14.9. The van der Waals surface area contributed by atoms with Crippen molar-refractivity contribution >= 4 is 15.7 Å². The molecule has 0 amide bonds. The number of likely N-dealkylation sites (tertiary alicyclic amines) is 1. The monoisotopic (exact) mass is 629 g/mol. The molecule has 6 heteroatoms. The van der Waals surface area contributed by atoms with Crippen LogP contribution < -0.4 is 4.31 Å². The highest BCUT2D eigenvalue weighted by atomic mass is 32.2. The molecule has 46 heavy (non-hydrogen) atoms. The first-order valence-corrected chi connectivity index (χ1v) is 17.7. The molecule has 1 heterocycles. The number of benzene rings is 5. The molecule has 1 aliphatic rings. The van der Waals surface area contributed by atoms with Crippen molar-refractivity contribution in [2.24, 2.45) is 0 Å². The van der Waals surface area contributed by atoms with E-state index < -0.39 is 10.0 Å². The van der Waals surface area contributed by atoms with Crippen molar-refractivity contribution in [3.8, 4) is 11.1 Å². The Balaban J connectivity index is 1.16. The third-order valence-electron chi connectivity index (χ3n) is 9.02. The smallest absolute Gasteiger partial charge is 0.264 e. The van der Waals surface area contributed by atoms with Gasteiger partial charge in [-0.2, -0.15) is 0 Å². The highest BCUT2D eigenvalue weighted by molar-refractivity contribution is 7.92. The SMILES string of the molecule is CC(CN1CCC(N(c2ccccc2)S(=O)(=O)c2ccc(-c3ccccc3)cc2)CC1)N(Cc1ccccc1)Cc1ccccc1. The fraction of sp³-hybridized carbons (Fsp3) is 0.250. The predicted octanol–water partition coefficient (Wildman–Crippen LogP) is 8.10. The van der Waals surface area contributed by atoms with E-state index in [-0.39, 0.29) is 6.04 Å². The molecule has 1 unspecified atom stereocenters. The van der Waals surface area contributed by atoms with E-state index in [0.717, 1.165) is 62.4 Å². The molecule has 1 saturated heterocycles. The molecule has 0 aromatic heterocycles. The summed E-state index contributed by atoms with van der Waals surface area (Å²) in [6.45, 7) is 6.73. The minimum absolute atomic E-state index is 0.113. The molecule has 0 N–H and O–H groups in total. The van der Waals surface area contributed by atoms with Gasteiger partial charge in [0.05, 0.1) is 10.6 Å². The molecule has 1 fully saturated rings. The van der Waals surface area contributed by atoms with Crippen LogP contribution in [-0.4, -0.2) is 49.9 Å². The summed E-state index contributed by atoms with van der Waals surface area (Å²) < 4.78 is 30.2. The van der Waals surface area contributed by atoms with E-state index in [0.29, 0.717) is 10.9 Å². The minimum Gasteiger partial charge on any atom is -0.302 e. The van der Waals surface area contributed by atoms with Crippen LogP contribution in [0.2, 0.25) is 0 Å². The van der Waals surface area contributed by atoms with Gasteiger partial charge < -0.3 is 4.90 Å². The molecule has 1 atom stereocenters. The summed E-state index contributed by atoms with van der Waals surface area (Å²) in [5, 5.41) is 0. The summed E-state index contributed by atoms with van der Waals surface area (Å²) >= 11 is 0. The molecular formula is C40H43N3O2S. The number of hydrogen-bond acceptors (Lipinski definition) is 4. The largest absolute Gasteiger partial charge is 0.302 e. The predicted molar refractivity (Wildman–Crippen MR) is 189 cm³/mol. The lowest BCUT2D eigenvalue weighted by Crippen LogP contribution is -2.50. The van der Waals surface area contributed by atoms with E-state index in [1.807, 2.05) is 72.8 Å². The van der Waals surface area contributed by atoms with Gasteiger partial charge in [0, 0.05) is 44.8 Å². The standard InChI is InChI=1S/C40H43N3O2S/c1-33(42(31-34-14-6-2-7-15-34)32-35-16-8-3-9-17-35)30-41-28-26-39(27-29-41)43(38-20-12-5-13-21-38)46(44,45)40-24-22-37(23-25-40)36-18-10-4-11-19-36/h2-25,33,39H,26-32H2,1H3. The maximum Gasteiger partial charge on any atom is 0.264 e. The zero-order chi connectivity index (χ0) is 31.8. The van der Waals surface area contributed by atoms with Crippen molar-refractivity contribution < 1.29 is 8.42 Å². The molecule has 5 aromatic rings. The molecule has 0 radical (unpaired) electrons. The first-order valence-electron chi connectivity index (χ1n) is 16.3. The van der Waals surface area contributed by atoms with Gasteiger partial charge >= 0.3 is 0 Å². The van der Waals surface area contributed by atoms with Crippen molar-refractivity contribution in [3.05, 3.63) is 157 Å². The Labute approximate surface area is 274 Å². The first-order chi connectivity index (χ1) is 22.5. The summed E-state index contributed by atoms with van der Waals surface area (Å²) in [6.07, 6.45) is 1.56. The Bertz CT molecular complexity index is 1700. The van der Waals surface area contributed by atoms with Crippen LogP contribution in [-0.2, 0) is 23.1 Å². The van der Waals surface area contributed by atoms with Gasteiger partial charge in [0.2, 0.25) is 0 Å². The number of rotatable bonds is 12. The van der Waals surface area contributed by atoms with E-state index >= 15 is 0 Å². The summed E-state index contributed by atoms with van der Waals surface area (Å²) in [7, 11) is -3.77. The number of anilines is 1. The van der Waals surface area contributed by atoms with Crippen LogP contribution in [0.15, 0.2) is 150 Å². The van der Waals surface area contributed by atoms with Gasteiger partial charge in [-0.25, -0.2) is 8.42 Å². The van der Waals surface area contributed by atoms with Crippen molar-refractivity contribution in [3.63, 3.8) is 0 Å². The van der Waals surface area contributed by atoms with Crippen LogP contribution in [0.1, 0.15) is 30.9 Å². The molecule has 0 aliphatic carbocycles. The number of hydrogen-bond donors (Lipinski definition) is 0. The summed E-state index contributed by atoms with van der Waals surface area (Å²) in [4.78, 5) is 5.38. The lowest BCUT2D eigenvalue weighted by Gasteiger charge is -2.41. The van der Waals surface area contributed by atoms with Crippen LogP contribution in [0.5, 0.6) is 0 Å². The zero-order valence-corrected chi connectivity index (χ0v) is 27.3. The molecule has 5 nitrogen and oxygen atoms in total. The first kappa shape index (κ1) is 31.7. The van der Waals surface area contributed by atoms with Crippen LogP contribution in [0, 0.1) is 0 Å². The maximum atomic E-state index is 14.3. The van der Waals surface area contributed by atoms with Crippen molar-refractivity contribution in [2.45, 2.75) is 49.8 Å². The second-order valence-electron chi connectivity index (χ2n) is 12.3. The maximum absolute atomic E-state index is 14.3. The Hall–Kier alpha value is -4.23. The highest BCUT2D eigenvalue weighted by Crippen LogP contribution is 2.32. The van der Waals surface area contributed by atoms with Crippen molar-refractivity contribution in [1.29, 1.82) is 0 Å². The van der Waals surface area contributed by atoms with Gasteiger partial charge in [0.15, 0.2) is 0 Å². The van der Waals surface area contributed by atoms with E-state index in [1.54, 1.807) is 16.4 Å². The third kappa shape index (κ3) is 7.76. The lowest BCUT2D eigenvalue weighted by molar-refractivity contribution is 0.119. The van der Waals surface area contributed by atoms with E-state index in [2.05, 4.69) is 77.4 Å². The van der Waals surface area contributed by atoms with Gasteiger partial charge in [-0.1, -0.05) is 121 Å². The van der Waals surface area contributed by atoms with Crippen LogP contribution in [0.4, 0.5) is 5.69 Å². The molecule has 6 rings (SSSR count). The number of nitrogens with zero attached hydrogens (tertiary/aromatic N) is 3. The average molecular weight is 630 g/mol. The van der Waals surface area contributed by atoms with Gasteiger partial charge in [-0.05, 0) is 66.3 Å². The van der Waals surface area contributed by atoms with E-state index in [4.69, 9.17) is 0 Å². The highest BCUT2D eigenvalue weighted by Gasteiger charge is 2.34. The Morgan fingerprint density at radius 1 is 0.630 bits per heavy atom. The fourth-order valence-corrected chi connectivity index (χ4v) is 8.22. The summed E-state index contributed by atoms with van der Waals surface area (Å²) in [5.41, 5.74) is 5.41. The van der Waals surface area contributed by atoms with Gasteiger partial charge in [0.25, 0.3) is 10.0 Å².